The molecule has 1 atom stereocenters. The second-order valence-electron chi connectivity index (χ2n) is 4.60. The van der Waals surface area contributed by atoms with Crippen molar-refractivity contribution in [1.29, 1.82) is 5.26 Å². The Balaban J connectivity index is 2.70. The van der Waals surface area contributed by atoms with Crippen molar-refractivity contribution in [2.75, 3.05) is 19.0 Å². The minimum atomic E-state index is -1.45. The first-order chi connectivity index (χ1) is 10.9. The molecule has 0 aromatic heterocycles. The molecule has 0 fully saturated rings. The number of carbonyl (C=O) groups is 3. The topological polar surface area (TPSA) is 108 Å². The molecule has 0 radical (unpaired) electrons. The van der Waals surface area contributed by atoms with Gasteiger partial charge in [-0.15, -0.1) is 0 Å². The van der Waals surface area contributed by atoms with Gasteiger partial charge < -0.3 is 15.4 Å². The molecule has 0 bridgehead atoms. The molecule has 0 aliphatic rings. The van der Waals surface area contributed by atoms with Crippen LogP contribution in [0.2, 0.25) is 5.02 Å². The molecule has 0 heterocycles. The van der Waals surface area contributed by atoms with Gasteiger partial charge >= 0.3 is 0 Å². The summed E-state index contributed by atoms with van der Waals surface area (Å²) >= 11 is 5.94. The minimum absolute atomic E-state index is 0.0774. The molecule has 2 amide bonds. The summed E-state index contributed by atoms with van der Waals surface area (Å²) in [5.74, 6) is -2.62. The average molecular weight is 338 g/mol. The molecule has 1 rings (SSSR count). The number of hydrogen-bond acceptors (Lipinski definition) is 5. The number of methoxy groups -OCH3 is 1. The Labute approximate surface area is 138 Å². The first-order valence-corrected chi connectivity index (χ1v) is 7.08. The molecule has 8 heteroatoms. The zero-order valence-corrected chi connectivity index (χ0v) is 13.4. The predicted molar refractivity (Wildman–Crippen MR) is 84.0 cm³/mol. The predicted octanol–water partition coefficient (Wildman–Crippen LogP) is 1.52. The van der Waals surface area contributed by atoms with Crippen LogP contribution in [-0.2, 0) is 14.4 Å². The number of halogens is 1. The van der Waals surface area contributed by atoms with Gasteiger partial charge in [0.25, 0.3) is 0 Å². The van der Waals surface area contributed by atoms with Crippen molar-refractivity contribution in [3.63, 3.8) is 0 Å². The standard InChI is InChI=1S/C15H16ClN3O4/c1-9(20)18-6-5-13(21)11(8-17)15(22)19-10-3-4-14(23-2)12(16)7-10/h3-4,7,11H,5-6H2,1-2H3,(H,18,20)(H,19,22). The fraction of sp³-hybridized carbons (Fsp3) is 0.333. The zero-order valence-electron chi connectivity index (χ0n) is 12.7. The van der Waals surface area contributed by atoms with Gasteiger partial charge in [-0.05, 0) is 18.2 Å². The van der Waals surface area contributed by atoms with Gasteiger partial charge in [0.05, 0.1) is 18.2 Å². The van der Waals surface area contributed by atoms with Gasteiger partial charge in [-0.1, -0.05) is 11.6 Å². The van der Waals surface area contributed by atoms with E-state index in [1.165, 1.54) is 20.1 Å². The molecule has 0 spiro atoms. The Morgan fingerprint density at radius 2 is 2.09 bits per heavy atom. The Morgan fingerprint density at radius 1 is 1.39 bits per heavy atom. The van der Waals surface area contributed by atoms with Gasteiger partial charge in [0.15, 0.2) is 11.7 Å². The number of nitriles is 1. The highest BCUT2D eigenvalue weighted by atomic mass is 35.5. The Morgan fingerprint density at radius 3 is 2.61 bits per heavy atom. The first kappa shape index (κ1) is 18.5. The lowest BCUT2D eigenvalue weighted by Gasteiger charge is -2.11. The van der Waals surface area contributed by atoms with Crippen LogP contribution < -0.4 is 15.4 Å². The highest BCUT2D eigenvalue weighted by Gasteiger charge is 2.26. The maximum absolute atomic E-state index is 12.0. The van der Waals surface area contributed by atoms with Crippen LogP contribution in [0.25, 0.3) is 0 Å². The SMILES string of the molecule is COc1ccc(NC(=O)C(C#N)C(=O)CCNC(C)=O)cc1Cl. The molecule has 2 N–H and O–H groups in total. The van der Waals surface area contributed by atoms with Gasteiger partial charge in [0.2, 0.25) is 11.8 Å². The largest absolute Gasteiger partial charge is 0.495 e. The molecule has 0 aliphatic heterocycles. The third kappa shape index (κ3) is 5.60. The highest BCUT2D eigenvalue weighted by molar-refractivity contribution is 6.32. The van der Waals surface area contributed by atoms with E-state index in [9.17, 15) is 14.4 Å². The molecule has 7 nitrogen and oxygen atoms in total. The van der Waals surface area contributed by atoms with E-state index in [1.807, 2.05) is 0 Å². The summed E-state index contributed by atoms with van der Waals surface area (Å²) in [6.45, 7) is 1.39. The fourth-order valence-corrected chi connectivity index (χ4v) is 2.00. The van der Waals surface area contributed by atoms with Crippen LogP contribution in [0.4, 0.5) is 5.69 Å². The van der Waals surface area contributed by atoms with Crippen molar-refractivity contribution in [1.82, 2.24) is 5.32 Å². The lowest BCUT2D eigenvalue weighted by Crippen LogP contribution is -2.31. The van der Waals surface area contributed by atoms with Gasteiger partial charge in [-0.2, -0.15) is 5.26 Å². The van der Waals surface area contributed by atoms with Gasteiger partial charge in [-0.3, -0.25) is 14.4 Å². The number of Topliss-reactive ketones (excluding diaryl/α,β-unsaturated/α-hetero) is 1. The molecule has 0 aliphatic carbocycles. The summed E-state index contributed by atoms with van der Waals surface area (Å²) in [5.41, 5.74) is 0.343. The zero-order chi connectivity index (χ0) is 17.4. The van der Waals surface area contributed by atoms with Crippen molar-refractivity contribution in [2.24, 2.45) is 5.92 Å². The summed E-state index contributed by atoms with van der Waals surface area (Å²) in [4.78, 5) is 34.6. The number of nitrogens with zero attached hydrogens (tertiary/aromatic N) is 1. The number of hydrogen-bond donors (Lipinski definition) is 2. The lowest BCUT2D eigenvalue weighted by molar-refractivity contribution is -0.128. The summed E-state index contributed by atoms with van der Waals surface area (Å²) in [6.07, 6.45) is -0.103. The summed E-state index contributed by atoms with van der Waals surface area (Å²) in [6, 6.07) is 6.21. The second-order valence-corrected chi connectivity index (χ2v) is 5.01. The van der Waals surface area contributed by atoms with E-state index in [2.05, 4.69) is 10.6 Å². The van der Waals surface area contributed by atoms with Crippen molar-refractivity contribution < 1.29 is 19.1 Å². The van der Waals surface area contributed by atoms with E-state index >= 15 is 0 Å². The number of ketones is 1. The number of rotatable bonds is 7. The fourth-order valence-electron chi connectivity index (χ4n) is 1.74. The number of amides is 2. The average Bonchev–Trinajstić information content (AvgIpc) is 2.47. The molecule has 1 aromatic carbocycles. The monoisotopic (exact) mass is 337 g/mol. The molecule has 23 heavy (non-hydrogen) atoms. The molecular formula is C15H16ClN3O4. The highest BCUT2D eigenvalue weighted by Crippen LogP contribution is 2.27. The number of benzene rings is 1. The van der Waals surface area contributed by atoms with Crippen molar-refractivity contribution in [3.05, 3.63) is 23.2 Å². The summed E-state index contributed by atoms with van der Waals surface area (Å²) in [7, 11) is 1.46. The van der Waals surface area contributed by atoms with Crippen molar-refractivity contribution in [2.45, 2.75) is 13.3 Å². The van der Waals surface area contributed by atoms with Crippen molar-refractivity contribution in [3.8, 4) is 11.8 Å². The lowest BCUT2D eigenvalue weighted by atomic mass is 10.0. The minimum Gasteiger partial charge on any atom is -0.495 e. The van der Waals surface area contributed by atoms with Crippen LogP contribution in [-0.4, -0.2) is 31.3 Å². The Kier molecular flexibility index (Phi) is 7.03. The Bertz CT molecular complexity index is 655. The maximum atomic E-state index is 12.0. The summed E-state index contributed by atoms with van der Waals surface area (Å²) in [5, 5.41) is 14.2. The third-order valence-electron chi connectivity index (χ3n) is 2.88. The smallest absolute Gasteiger partial charge is 0.249 e. The number of nitrogens with one attached hydrogen (secondary N) is 2. The van der Waals surface area contributed by atoms with E-state index in [0.717, 1.165) is 0 Å². The molecule has 1 unspecified atom stereocenters. The van der Waals surface area contributed by atoms with E-state index < -0.39 is 17.6 Å². The van der Waals surface area contributed by atoms with Gasteiger partial charge in [-0.25, -0.2) is 0 Å². The van der Waals surface area contributed by atoms with E-state index in [4.69, 9.17) is 21.6 Å². The molecule has 0 saturated heterocycles. The van der Waals surface area contributed by atoms with E-state index in [-0.39, 0.29) is 23.9 Å². The normalized spacial score (nSPS) is 11.0. The van der Waals surface area contributed by atoms with Crippen LogP contribution in [0, 0.1) is 17.2 Å². The number of anilines is 1. The number of carbonyl (C=O) groups excluding carboxylic acids is 3. The van der Waals surface area contributed by atoms with Gasteiger partial charge in [0.1, 0.15) is 5.75 Å². The summed E-state index contributed by atoms with van der Waals surface area (Å²) < 4.78 is 4.99. The van der Waals surface area contributed by atoms with Crippen LogP contribution >= 0.6 is 11.6 Å². The van der Waals surface area contributed by atoms with Crippen molar-refractivity contribution >= 4 is 34.9 Å². The molecule has 1 aromatic rings. The van der Waals surface area contributed by atoms with Crippen LogP contribution in [0.1, 0.15) is 13.3 Å². The van der Waals surface area contributed by atoms with Gasteiger partial charge in [0, 0.05) is 25.6 Å². The van der Waals surface area contributed by atoms with E-state index in [1.54, 1.807) is 18.2 Å². The van der Waals surface area contributed by atoms with E-state index in [0.29, 0.717) is 11.4 Å². The van der Waals surface area contributed by atoms with Crippen LogP contribution in [0.3, 0.4) is 0 Å². The molecule has 122 valence electrons. The first-order valence-electron chi connectivity index (χ1n) is 6.70. The molecular weight excluding hydrogens is 322 g/mol. The molecule has 0 saturated carbocycles. The third-order valence-corrected chi connectivity index (χ3v) is 3.17. The van der Waals surface area contributed by atoms with Crippen LogP contribution in [0.5, 0.6) is 5.75 Å². The Hall–Kier alpha value is -2.59. The second kappa shape index (κ2) is 8.76. The number of ether oxygens (including phenoxy) is 1. The maximum Gasteiger partial charge on any atom is 0.249 e. The quantitative estimate of drug-likeness (QED) is 0.733. The van der Waals surface area contributed by atoms with Crippen LogP contribution in [0.15, 0.2) is 18.2 Å².